The fourth-order valence-electron chi connectivity index (χ4n) is 2.11. The second-order valence-electron chi connectivity index (χ2n) is 6.42. The lowest BCUT2D eigenvalue weighted by Crippen LogP contribution is -2.57. The number of nitrogens with one attached hydrogen (secondary N) is 3. The van der Waals surface area contributed by atoms with E-state index in [1.54, 1.807) is 0 Å². The Morgan fingerprint density at radius 3 is 1.96 bits per heavy atom. The van der Waals surface area contributed by atoms with Gasteiger partial charge in [0.15, 0.2) is 0 Å². The molecule has 0 saturated heterocycles. The molecule has 0 aliphatic rings. The first-order valence-electron chi connectivity index (χ1n) is 8.93. The minimum atomic E-state index is -1.50. The molecule has 12 heteroatoms. The third-order valence-electron chi connectivity index (χ3n) is 3.95. The number of hydrogen-bond donors (Lipinski definition) is 8. The number of carboxylic acid groups (broad SMARTS) is 1. The first-order chi connectivity index (χ1) is 13.0. The standard InChI is InChI=1S/C16H31N5O7/c1-8(13(24)21-11(7-22)16(27)28)19-14(25)10(5-3-4-6-17)20-15(26)12(18)9(2)23/h8-12,22-23H,3-7,17-18H2,1-2H3,(H,19,25)(H,20,26)(H,21,24)(H,27,28). The van der Waals surface area contributed by atoms with Crippen LogP contribution < -0.4 is 27.4 Å². The van der Waals surface area contributed by atoms with Gasteiger partial charge in [0.25, 0.3) is 0 Å². The number of hydrogen-bond acceptors (Lipinski definition) is 8. The van der Waals surface area contributed by atoms with Gasteiger partial charge >= 0.3 is 5.97 Å². The highest BCUT2D eigenvalue weighted by Gasteiger charge is 2.28. The van der Waals surface area contributed by atoms with Crippen LogP contribution >= 0.6 is 0 Å². The molecule has 0 radical (unpaired) electrons. The quantitative estimate of drug-likeness (QED) is 0.142. The summed E-state index contributed by atoms with van der Waals surface area (Å²) in [4.78, 5) is 47.4. The predicted molar refractivity (Wildman–Crippen MR) is 98.7 cm³/mol. The highest BCUT2D eigenvalue weighted by atomic mass is 16.4. The average Bonchev–Trinajstić information content (AvgIpc) is 2.63. The van der Waals surface area contributed by atoms with Gasteiger partial charge in [-0.25, -0.2) is 4.79 Å². The monoisotopic (exact) mass is 405 g/mol. The number of aliphatic carboxylic acids is 1. The van der Waals surface area contributed by atoms with E-state index in [1.807, 2.05) is 0 Å². The van der Waals surface area contributed by atoms with Crippen LogP contribution in [0.1, 0.15) is 33.1 Å². The molecule has 10 N–H and O–H groups in total. The summed E-state index contributed by atoms with van der Waals surface area (Å²) in [6, 6.07) is -4.88. The summed E-state index contributed by atoms with van der Waals surface area (Å²) >= 11 is 0. The maximum absolute atomic E-state index is 12.5. The first-order valence-corrected chi connectivity index (χ1v) is 8.93. The van der Waals surface area contributed by atoms with E-state index in [4.69, 9.17) is 21.7 Å². The zero-order chi connectivity index (χ0) is 21.9. The van der Waals surface area contributed by atoms with Gasteiger partial charge in [0.05, 0.1) is 12.7 Å². The number of carbonyl (C=O) groups excluding carboxylic acids is 3. The lowest BCUT2D eigenvalue weighted by Gasteiger charge is -2.24. The minimum Gasteiger partial charge on any atom is -0.480 e. The summed E-state index contributed by atoms with van der Waals surface area (Å²) in [5.41, 5.74) is 11.0. The van der Waals surface area contributed by atoms with Crippen LogP contribution in [-0.4, -0.2) is 82.4 Å². The van der Waals surface area contributed by atoms with Crippen LogP contribution in [0.3, 0.4) is 0 Å². The molecule has 162 valence electrons. The summed E-state index contributed by atoms with van der Waals surface area (Å²) in [5, 5.41) is 34.1. The van der Waals surface area contributed by atoms with E-state index in [0.29, 0.717) is 19.4 Å². The van der Waals surface area contributed by atoms with Crippen LogP contribution in [0.25, 0.3) is 0 Å². The predicted octanol–water partition coefficient (Wildman–Crippen LogP) is -3.63. The average molecular weight is 405 g/mol. The van der Waals surface area contributed by atoms with Crippen LogP contribution in [-0.2, 0) is 19.2 Å². The van der Waals surface area contributed by atoms with Gasteiger partial charge in [0.2, 0.25) is 17.7 Å². The molecule has 0 aromatic heterocycles. The molecular weight excluding hydrogens is 374 g/mol. The molecule has 0 rings (SSSR count). The highest BCUT2D eigenvalue weighted by Crippen LogP contribution is 2.03. The smallest absolute Gasteiger partial charge is 0.328 e. The Kier molecular flexibility index (Phi) is 11.9. The van der Waals surface area contributed by atoms with E-state index in [2.05, 4.69) is 16.0 Å². The number of carboxylic acids is 1. The second-order valence-corrected chi connectivity index (χ2v) is 6.42. The van der Waals surface area contributed by atoms with Crippen molar-refractivity contribution >= 4 is 23.7 Å². The summed E-state index contributed by atoms with van der Waals surface area (Å²) in [7, 11) is 0. The molecule has 0 aromatic rings. The molecule has 12 nitrogen and oxygen atoms in total. The van der Waals surface area contributed by atoms with Gasteiger partial charge in [-0.15, -0.1) is 0 Å². The number of carbonyl (C=O) groups is 4. The van der Waals surface area contributed by atoms with Crippen molar-refractivity contribution < 1.29 is 34.5 Å². The Morgan fingerprint density at radius 2 is 1.50 bits per heavy atom. The van der Waals surface area contributed by atoms with E-state index < -0.39 is 60.6 Å². The Balaban J connectivity index is 4.98. The van der Waals surface area contributed by atoms with Gasteiger partial charge < -0.3 is 42.7 Å². The van der Waals surface area contributed by atoms with Crippen molar-refractivity contribution in [1.82, 2.24) is 16.0 Å². The Bertz CT molecular complexity index is 543. The number of rotatable bonds is 13. The van der Waals surface area contributed by atoms with E-state index in [9.17, 15) is 24.3 Å². The highest BCUT2D eigenvalue weighted by molar-refractivity contribution is 5.93. The third kappa shape index (κ3) is 9.08. The second kappa shape index (κ2) is 13.0. The maximum atomic E-state index is 12.5. The van der Waals surface area contributed by atoms with E-state index in [-0.39, 0.29) is 6.42 Å². The summed E-state index contributed by atoms with van der Waals surface area (Å²) in [6.45, 7) is 2.24. The van der Waals surface area contributed by atoms with Gasteiger partial charge in [0.1, 0.15) is 24.2 Å². The normalized spacial score (nSPS) is 16.2. The molecular formula is C16H31N5O7. The molecule has 3 amide bonds. The summed E-state index contributed by atoms with van der Waals surface area (Å²) in [6.07, 6.45) is 0.230. The number of aliphatic hydroxyl groups excluding tert-OH is 2. The number of unbranched alkanes of at least 4 members (excludes halogenated alkanes) is 1. The molecule has 0 spiro atoms. The van der Waals surface area contributed by atoms with E-state index in [0.717, 1.165) is 0 Å². The zero-order valence-corrected chi connectivity index (χ0v) is 16.1. The molecule has 0 aliphatic carbocycles. The first kappa shape index (κ1) is 25.7. The van der Waals surface area contributed by atoms with Crippen molar-refractivity contribution in [3.05, 3.63) is 0 Å². The van der Waals surface area contributed by atoms with Crippen molar-refractivity contribution in [2.75, 3.05) is 13.2 Å². The van der Waals surface area contributed by atoms with E-state index in [1.165, 1.54) is 13.8 Å². The lowest BCUT2D eigenvalue weighted by atomic mass is 10.1. The van der Waals surface area contributed by atoms with Gasteiger partial charge in [0, 0.05) is 0 Å². The topological polar surface area (TPSA) is 217 Å². The van der Waals surface area contributed by atoms with Gasteiger partial charge in [-0.1, -0.05) is 0 Å². The largest absolute Gasteiger partial charge is 0.480 e. The van der Waals surface area contributed by atoms with E-state index >= 15 is 0 Å². The van der Waals surface area contributed by atoms with Crippen LogP contribution in [0.4, 0.5) is 0 Å². The fourth-order valence-corrected chi connectivity index (χ4v) is 2.11. The molecule has 0 saturated carbocycles. The van der Waals surface area contributed by atoms with Gasteiger partial charge in [-0.2, -0.15) is 0 Å². The van der Waals surface area contributed by atoms with Crippen LogP contribution in [0.15, 0.2) is 0 Å². The minimum absolute atomic E-state index is 0.226. The Hall–Kier alpha value is -2.28. The molecule has 0 aromatic carbocycles. The summed E-state index contributed by atoms with van der Waals surface area (Å²) in [5.74, 6) is -3.65. The molecule has 0 heterocycles. The number of aliphatic hydroxyl groups is 2. The number of amides is 3. The molecule has 5 unspecified atom stereocenters. The van der Waals surface area contributed by atoms with Crippen LogP contribution in [0, 0.1) is 0 Å². The molecule has 5 atom stereocenters. The molecule has 0 fully saturated rings. The molecule has 28 heavy (non-hydrogen) atoms. The fraction of sp³-hybridized carbons (Fsp3) is 0.750. The van der Waals surface area contributed by atoms with Crippen molar-refractivity contribution in [1.29, 1.82) is 0 Å². The number of nitrogens with two attached hydrogens (primary N) is 2. The molecule has 0 bridgehead atoms. The van der Waals surface area contributed by atoms with Crippen molar-refractivity contribution in [3.63, 3.8) is 0 Å². The van der Waals surface area contributed by atoms with Gasteiger partial charge in [-0.3, -0.25) is 14.4 Å². The Morgan fingerprint density at radius 1 is 0.929 bits per heavy atom. The van der Waals surface area contributed by atoms with Crippen LogP contribution in [0.5, 0.6) is 0 Å². The summed E-state index contributed by atoms with van der Waals surface area (Å²) < 4.78 is 0. The van der Waals surface area contributed by atoms with Gasteiger partial charge in [-0.05, 0) is 39.7 Å². The molecule has 0 aliphatic heterocycles. The van der Waals surface area contributed by atoms with Crippen molar-refractivity contribution in [2.24, 2.45) is 11.5 Å². The third-order valence-corrected chi connectivity index (χ3v) is 3.95. The lowest BCUT2D eigenvalue weighted by molar-refractivity contribution is -0.143. The van der Waals surface area contributed by atoms with Crippen molar-refractivity contribution in [3.8, 4) is 0 Å². The van der Waals surface area contributed by atoms with Crippen LogP contribution in [0.2, 0.25) is 0 Å². The SMILES string of the molecule is CC(NC(=O)C(CCCCN)NC(=O)C(N)C(C)O)C(=O)NC(CO)C(=O)O. The zero-order valence-electron chi connectivity index (χ0n) is 16.1. The van der Waals surface area contributed by atoms with Crippen molar-refractivity contribution in [2.45, 2.75) is 63.4 Å². The maximum Gasteiger partial charge on any atom is 0.328 e. The Labute approximate surface area is 163 Å².